The molecule has 0 aliphatic heterocycles. The second-order valence-corrected chi connectivity index (χ2v) is 4.81. The van der Waals surface area contributed by atoms with E-state index in [0.29, 0.717) is 6.04 Å². The Labute approximate surface area is 94.8 Å². The molecule has 1 fully saturated rings. The number of hydrogen-bond donors (Lipinski definition) is 1. The van der Waals surface area contributed by atoms with Gasteiger partial charge in [0.25, 0.3) is 0 Å². The van der Waals surface area contributed by atoms with Crippen LogP contribution in [0.1, 0.15) is 64.7 Å². The summed E-state index contributed by atoms with van der Waals surface area (Å²) in [5.41, 5.74) is 6.06. The number of nitrogens with two attached hydrogens (primary N) is 1. The van der Waals surface area contributed by atoms with Gasteiger partial charge in [-0.05, 0) is 32.1 Å². The average molecular weight is 207 g/mol. The van der Waals surface area contributed by atoms with Gasteiger partial charge >= 0.3 is 0 Å². The molecule has 1 aliphatic carbocycles. The molecule has 0 aromatic rings. The maximum atomic E-state index is 6.06. The Balaban J connectivity index is 2.03. The summed E-state index contributed by atoms with van der Waals surface area (Å²) in [4.78, 5) is 0. The van der Waals surface area contributed by atoms with Crippen molar-refractivity contribution in [1.29, 1.82) is 0 Å². The van der Waals surface area contributed by atoms with Crippen molar-refractivity contribution in [3.8, 4) is 11.8 Å². The molecular formula is C14H25N. The Morgan fingerprint density at radius 2 is 1.93 bits per heavy atom. The highest BCUT2D eigenvalue weighted by molar-refractivity contribution is 4.95. The molecule has 1 rings (SSSR count). The SMILES string of the molecule is CC#CCCC(N)CCC1CCCCC1. The zero-order valence-corrected chi connectivity index (χ0v) is 10.1. The summed E-state index contributed by atoms with van der Waals surface area (Å²) in [7, 11) is 0. The smallest absolute Gasteiger partial charge is 0.0103 e. The second-order valence-electron chi connectivity index (χ2n) is 4.81. The average Bonchev–Trinajstić information content (AvgIpc) is 2.28. The van der Waals surface area contributed by atoms with Gasteiger partial charge in [-0.2, -0.15) is 0 Å². The summed E-state index contributed by atoms with van der Waals surface area (Å²) in [6, 6.07) is 0.382. The molecule has 0 aromatic heterocycles. The van der Waals surface area contributed by atoms with E-state index in [1.807, 2.05) is 6.92 Å². The summed E-state index contributed by atoms with van der Waals surface area (Å²) in [5.74, 6) is 6.98. The van der Waals surface area contributed by atoms with Crippen LogP contribution in [-0.4, -0.2) is 6.04 Å². The molecule has 0 bridgehead atoms. The van der Waals surface area contributed by atoms with Gasteiger partial charge in [0.2, 0.25) is 0 Å². The van der Waals surface area contributed by atoms with E-state index in [2.05, 4.69) is 11.8 Å². The summed E-state index contributed by atoms with van der Waals surface area (Å²) >= 11 is 0. The highest BCUT2D eigenvalue weighted by Gasteiger charge is 2.14. The zero-order valence-electron chi connectivity index (χ0n) is 10.1. The van der Waals surface area contributed by atoms with Gasteiger partial charge in [-0.1, -0.05) is 32.1 Å². The Kier molecular flexibility index (Phi) is 6.52. The summed E-state index contributed by atoms with van der Waals surface area (Å²) in [6.07, 6.45) is 11.8. The molecule has 15 heavy (non-hydrogen) atoms. The van der Waals surface area contributed by atoms with Gasteiger partial charge in [-0.25, -0.2) is 0 Å². The first-order chi connectivity index (χ1) is 7.33. The lowest BCUT2D eigenvalue weighted by molar-refractivity contribution is 0.321. The Morgan fingerprint density at radius 1 is 1.20 bits per heavy atom. The number of hydrogen-bond acceptors (Lipinski definition) is 1. The predicted molar refractivity (Wildman–Crippen MR) is 66.5 cm³/mol. The van der Waals surface area contributed by atoms with E-state index in [9.17, 15) is 0 Å². The highest BCUT2D eigenvalue weighted by Crippen LogP contribution is 2.27. The zero-order chi connectivity index (χ0) is 10.9. The molecule has 0 amide bonds. The first kappa shape index (κ1) is 12.6. The van der Waals surface area contributed by atoms with Crippen molar-refractivity contribution in [2.75, 3.05) is 0 Å². The fourth-order valence-electron chi connectivity index (χ4n) is 2.45. The summed E-state index contributed by atoms with van der Waals surface area (Å²) in [6.45, 7) is 1.90. The van der Waals surface area contributed by atoms with Crippen molar-refractivity contribution in [3.63, 3.8) is 0 Å². The van der Waals surface area contributed by atoms with Crippen LogP contribution in [0.3, 0.4) is 0 Å². The lowest BCUT2D eigenvalue weighted by atomic mass is 9.85. The molecule has 1 atom stereocenters. The van der Waals surface area contributed by atoms with Crippen LogP contribution >= 0.6 is 0 Å². The molecule has 1 aliphatic rings. The first-order valence-electron chi connectivity index (χ1n) is 6.48. The molecule has 0 aromatic carbocycles. The van der Waals surface area contributed by atoms with E-state index in [1.165, 1.54) is 44.9 Å². The quantitative estimate of drug-likeness (QED) is 0.686. The van der Waals surface area contributed by atoms with Crippen LogP contribution in [0.4, 0.5) is 0 Å². The molecule has 0 saturated heterocycles. The summed E-state index contributed by atoms with van der Waals surface area (Å²) in [5, 5.41) is 0. The molecule has 2 N–H and O–H groups in total. The third-order valence-electron chi connectivity index (χ3n) is 3.49. The fourth-order valence-corrected chi connectivity index (χ4v) is 2.45. The topological polar surface area (TPSA) is 26.0 Å². The van der Waals surface area contributed by atoms with Gasteiger partial charge < -0.3 is 5.73 Å². The largest absolute Gasteiger partial charge is 0.328 e. The van der Waals surface area contributed by atoms with Crippen LogP contribution in [0.15, 0.2) is 0 Å². The molecule has 1 saturated carbocycles. The van der Waals surface area contributed by atoms with Gasteiger partial charge in [0.15, 0.2) is 0 Å². The van der Waals surface area contributed by atoms with E-state index in [0.717, 1.165) is 18.8 Å². The lowest BCUT2D eigenvalue weighted by Crippen LogP contribution is -2.21. The molecule has 0 heterocycles. The standard InChI is InChI=1S/C14H25N/c1-2-3-5-10-14(15)12-11-13-8-6-4-7-9-13/h13-14H,4-12,15H2,1H3. The van der Waals surface area contributed by atoms with Crippen molar-refractivity contribution < 1.29 is 0 Å². The fraction of sp³-hybridized carbons (Fsp3) is 0.857. The van der Waals surface area contributed by atoms with Crippen LogP contribution < -0.4 is 5.73 Å². The van der Waals surface area contributed by atoms with E-state index in [4.69, 9.17) is 5.73 Å². The minimum Gasteiger partial charge on any atom is -0.328 e. The van der Waals surface area contributed by atoms with Gasteiger partial charge in [0, 0.05) is 12.5 Å². The number of rotatable bonds is 5. The second kappa shape index (κ2) is 7.77. The predicted octanol–water partition coefficient (Wildman–Crippen LogP) is 3.48. The minimum atomic E-state index is 0.382. The van der Waals surface area contributed by atoms with Crippen molar-refractivity contribution in [2.45, 2.75) is 70.8 Å². The van der Waals surface area contributed by atoms with Crippen molar-refractivity contribution in [2.24, 2.45) is 11.7 Å². The monoisotopic (exact) mass is 207 g/mol. The maximum Gasteiger partial charge on any atom is 0.0103 e. The molecular weight excluding hydrogens is 182 g/mol. The molecule has 1 heteroatoms. The van der Waals surface area contributed by atoms with Crippen LogP contribution in [0.5, 0.6) is 0 Å². The first-order valence-corrected chi connectivity index (χ1v) is 6.48. The lowest BCUT2D eigenvalue weighted by Gasteiger charge is -2.22. The molecule has 1 unspecified atom stereocenters. The highest BCUT2D eigenvalue weighted by atomic mass is 14.6. The Morgan fingerprint density at radius 3 is 2.60 bits per heavy atom. The van der Waals surface area contributed by atoms with E-state index in [-0.39, 0.29) is 0 Å². The molecule has 0 radical (unpaired) electrons. The Bertz CT molecular complexity index is 205. The van der Waals surface area contributed by atoms with Crippen LogP contribution in [0.25, 0.3) is 0 Å². The van der Waals surface area contributed by atoms with E-state index in [1.54, 1.807) is 0 Å². The maximum absolute atomic E-state index is 6.06. The van der Waals surface area contributed by atoms with Crippen LogP contribution in [0.2, 0.25) is 0 Å². The van der Waals surface area contributed by atoms with Crippen molar-refractivity contribution in [1.82, 2.24) is 0 Å². The third-order valence-corrected chi connectivity index (χ3v) is 3.49. The minimum absolute atomic E-state index is 0.382. The van der Waals surface area contributed by atoms with Crippen LogP contribution in [-0.2, 0) is 0 Å². The van der Waals surface area contributed by atoms with Crippen molar-refractivity contribution in [3.05, 3.63) is 0 Å². The molecule has 1 nitrogen and oxygen atoms in total. The third kappa shape index (κ3) is 5.85. The van der Waals surface area contributed by atoms with Crippen LogP contribution in [0, 0.1) is 17.8 Å². The van der Waals surface area contributed by atoms with E-state index >= 15 is 0 Å². The molecule has 0 spiro atoms. The van der Waals surface area contributed by atoms with Gasteiger partial charge in [0.1, 0.15) is 0 Å². The van der Waals surface area contributed by atoms with Gasteiger partial charge in [-0.15, -0.1) is 11.8 Å². The van der Waals surface area contributed by atoms with E-state index < -0.39 is 0 Å². The summed E-state index contributed by atoms with van der Waals surface area (Å²) < 4.78 is 0. The van der Waals surface area contributed by atoms with Gasteiger partial charge in [-0.3, -0.25) is 0 Å². The Hall–Kier alpha value is -0.480. The van der Waals surface area contributed by atoms with Crippen molar-refractivity contribution >= 4 is 0 Å². The molecule has 86 valence electrons. The van der Waals surface area contributed by atoms with Gasteiger partial charge in [0.05, 0.1) is 0 Å². The normalized spacial score (nSPS) is 19.3.